The van der Waals surface area contributed by atoms with Crippen LogP contribution in [0, 0.1) is 17.7 Å². The molecule has 0 amide bonds. The minimum absolute atomic E-state index is 0.108. The second-order valence-corrected chi connectivity index (χ2v) is 6.15. The van der Waals surface area contributed by atoms with E-state index >= 15 is 0 Å². The maximum absolute atomic E-state index is 13.4. The van der Waals surface area contributed by atoms with Crippen molar-refractivity contribution >= 4 is 11.6 Å². The third kappa shape index (κ3) is 1.98. The van der Waals surface area contributed by atoms with Crippen LogP contribution in [-0.4, -0.2) is 5.54 Å². The first-order chi connectivity index (χ1) is 8.07. The topological polar surface area (TPSA) is 26.0 Å². The Labute approximate surface area is 106 Å². The van der Waals surface area contributed by atoms with Gasteiger partial charge in [-0.2, -0.15) is 0 Å². The quantitative estimate of drug-likeness (QED) is 0.857. The lowest BCUT2D eigenvalue weighted by Crippen LogP contribution is -2.46. The second-order valence-electron chi connectivity index (χ2n) is 5.74. The van der Waals surface area contributed by atoms with E-state index in [1.54, 1.807) is 6.07 Å². The van der Waals surface area contributed by atoms with Gasteiger partial charge in [0.05, 0.1) is 5.02 Å². The lowest BCUT2D eigenvalue weighted by Gasteiger charge is -2.34. The van der Waals surface area contributed by atoms with Crippen LogP contribution < -0.4 is 5.73 Å². The summed E-state index contributed by atoms with van der Waals surface area (Å²) in [5.41, 5.74) is 7.38. The van der Waals surface area contributed by atoms with Crippen molar-refractivity contribution in [3.63, 3.8) is 0 Å². The van der Waals surface area contributed by atoms with Gasteiger partial charge in [-0.3, -0.25) is 0 Å². The summed E-state index contributed by atoms with van der Waals surface area (Å²) in [5, 5.41) is 0.188. The molecule has 2 aliphatic rings. The van der Waals surface area contributed by atoms with Crippen molar-refractivity contribution in [1.82, 2.24) is 0 Å². The summed E-state index contributed by atoms with van der Waals surface area (Å²) in [6.45, 7) is 0. The smallest absolute Gasteiger partial charge is 0.142 e. The zero-order valence-electron chi connectivity index (χ0n) is 9.76. The first-order valence-corrected chi connectivity index (χ1v) is 6.67. The summed E-state index contributed by atoms with van der Waals surface area (Å²) in [5.74, 6) is 1.10. The largest absolute Gasteiger partial charge is 0.325 e. The van der Waals surface area contributed by atoms with Gasteiger partial charge in [0, 0.05) is 5.54 Å². The van der Waals surface area contributed by atoms with E-state index in [2.05, 4.69) is 0 Å². The normalized spacial score (nSPS) is 35.5. The highest BCUT2D eigenvalue weighted by Crippen LogP contribution is 2.50. The van der Waals surface area contributed by atoms with Gasteiger partial charge in [0.25, 0.3) is 0 Å². The number of fused-ring (bicyclic) bond motifs is 2. The van der Waals surface area contributed by atoms with Gasteiger partial charge in [-0.15, -0.1) is 0 Å². The van der Waals surface area contributed by atoms with Crippen LogP contribution in [0.3, 0.4) is 0 Å². The molecular formula is C14H17ClFN. The molecule has 0 aliphatic heterocycles. The fourth-order valence-corrected chi connectivity index (χ4v) is 3.85. The molecule has 3 heteroatoms. The molecule has 2 bridgehead atoms. The predicted octanol–water partition coefficient (Wildman–Crippen LogP) is 3.54. The van der Waals surface area contributed by atoms with E-state index in [0.29, 0.717) is 5.92 Å². The molecule has 0 spiro atoms. The number of hydrogen-bond donors (Lipinski definition) is 1. The Morgan fingerprint density at radius 3 is 2.82 bits per heavy atom. The molecule has 92 valence electrons. The van der Waals surface area contributed by atoms with Crippen molar-refractivity contribution in [2.24, 2.45) is 17.6 Å². The molecule has 0 radical (unpaired) electrons. The highest BCUT2D eigenvalue weighted by molar-refractivity contribution is 6.30. The number of halogens is 2. The van der Waals surface area contributed by atoms with E-state index in [9.17, 15) is 4.39 Å². The van der Waals surface area contributed by atoms with Crippen LogP contribution in [0.2, 0.25) is 5.02 Å². The molecule has 1 aromatic rings. The van der Waals surface area contributed by atoms with Gasteiger partial charge < -0.3 is 5.73 Å². The first-order valence-electron chi connectivity index (χ1n) is 6.30. The standard InChI is InChI=1S/C14H17ClFN/c15-12-4-2-10(6-13(12)16)8-14(17)7-9-1-3-11(14)5-9/h2,4,6,9,11H,1,3,5,7-8,17H2. The Morgan fingerprint density at radius 2 is 2.24 bits per heavy atom. The molecule has 0 heterocycles. The number of nitrogens with two attached hydrogens (primary N) is 1. The van der Waals surface area contributed by atoms with E-state index < -0.39 is 0 Å². The van der Waals surface area contributed by atoms with Crippen molar-refractivity contribution in [1.29, 1.82) is 0 Å². The van der Waals surface area contributed by atoms with Crippen LogP contribution in [-0.2, 0) is 6.42 Å². The zero-order chi connectivity index (χ0) is 12.0. The molecule has 1 nitrogen and oxygen atoms in total. The maximum atomic E-state index is 13.4. The molecule has 2 fully saturated rings. The van der Waals surface area contributed by atoms with Gasteiger partial charge in [-0.05, 0) is 55.2 Å². The van der Waals surface area contributed by atoms with E-state index in [1.807, 2.05) is 6.07 Å². The van der Waals surface area contributed by atoms with Crippen molar-refractivity contribution < 1.29 is 4.39 Å². The lowest BCUT2D eigenvalue weighted by atomic mass is 9.77. The molecule has 3 atom stereocenters. The van der Waals surface area contributed by atoms with Gasteiger partial charge in [0.15, 0.2) is 0 Å². The molecular weight excluding hydrogens is 237 g/mol. The van der Waals surface area contributed by atoms with Gasteiger partial charge in [-0.1, -0.05) is 24.1 Å². The van der Waals surface area contributed by atoms with Crippen LogP contribution in [0.5, 0.6) is 0 Å². The summed E-state index contributed by atoms with van der Waals surface area (Å²) < 4.78 is 13.4. The monoisotopic (exact) mass is 253 g/mol. The third-order valence-electron chi connectivity index (χ3n) is 4.54. The Morgan fingerprint density at radius 1 is 1.41 bits per heavy atom. The molecule has 3 unspecified atom stereocenters. The lowest BCUT2D eigenvalue weighted by molar-refractivity contribution is 0.269. The van der Waals surface area contributed by atoms with Crippen LogP contribution in [0.15, 0.2) is 18.2 Å². The van der Waals surface area contributed by atoms with Gasteiger partial charge in [0.2, 0.25) is 0 Å². The summed E-state index contributed by atoms with van der Waals surface area (Å²) in [4.78, 5) is 0. The fraction of sp³-hybridized carbons (Fsp3) is 0.571. The predicted molar refractivity (Wildman–Crippen MR) is 67.5 cm³/mol. The fourth-order valence-electron chi connectivity index (χ4n) is 3.73. The van der Waals surface area contributed by atoms with Crippen molar-refractivity contribution in [2.75, 3.05) is 0 Å². The molecule has 0 aromatic heterocycles. The Hall–Kier alpha value is -0.600. The van der Waals surface area contributed by atoms with Crippen LogP contribution in [0.4, 0.5) is 4.39 Å². The van der Waals surface area contributed by atoms with Crippen molar-refractivity contribution in [3.05, 3.63) is 34.6 Å². The highest BCUT2D eigenvalue weighted by Gasteiger charge is 2.48. The van der Waals surface area contributed by atoms with E-state index in [0.717, 1.165) is 24.3 Å². The van der Waals surface area contributed by atoms with Crippen LogP contribution in [0.1, 0.15) is 31.2 Å². The van der Waals surface area contributed by atoms with Gasteiger partial charge >= 0.3 is 0 Å². The average Bonchev–Trinajstić information content (AvgIpc) is 2.83. The molecule has 17 heavy (non-hydrogen) atoms. The molecule has 2 saturated carbocycles. The molecule has 1 aromatic carbocycles. The van der Waals surface area contributed by atoms with E-state index in [-0.39, 0.29) is 16.4 Å². The summed E-state index contributed by atoms with van der Waals surface area (Å²) in [6.07, 6.45) is 5.73. The van der Waals surface area contributed by atoms with Crippen LogP contribution in [0.25, 0.3) is 0 Å². The minimum atomic E-state index is -0.337. The molecule has 0 saturated heterocycles. The van der Waals surface area contributed by atoms with Crippen molar-refractivity contribution in [2.45, 2.75) is 37.6 Å². The Kier molecular flexibility index (Phi) is 2.68. The maximum Gasteiger partial charge on any atom is 0.142 e. The van der Waals surface area contributed by atoms with E-state index in [1.165, 1.54) is 25.3 Å². The second kappa shape index (κ2) is 3.96. The minimum Gasteiger partial charge on any atom is -0.325 e. The zero-order valence-corrected chi connectivity index (χ0v) is 10.5. The highest BCUT2D eigenvalue weighted by atomic mass is 35.5. The Balaban J connectivity index is 1.80. The molecule has 2 aliphatic carbocycles. The number of hydrogen-bond acceptors (Lipinski definition) is 1. The molecule has 3 rings (SSSR count). The summed E-state index contributed by atoms with van der Waals surface area (Å²) in [6, 6.07) is 5.05. The Bertz CT molecular complexity index is 448. The summed E-state index contributed by atoms with van der Waals surface area (Å²) >= 11 is 5.69. The van der Waals surface area contributed by atoms with E-state index in [4.69, 9.17) is 17.3 Å². The number of rotatable bonds is 2. The number of benzene rings is 1. The SMILES string of the molecule is NC1(Cc2ccc(Cl)c(F)c2)CC2CCC1C2. The van der Waals surface area contributed by atoms with Crippen LogP contribution >= 0.6 is 11.6 Å². The first kappa shape index (κ1) is 11.5. The van der Waals surface area contributed by atoms with Gasteiger partial charge in [-0.25, -0.2) is 4.39 Å². The average molecular weight is 254 g/mol. The summed E-state index contributed by atoms with van der Waals surface area (Å²) in [7, 11) is 0. The van der Waals surface area contributed by atoms with Crippen molar-refractivity contribution in [3.8, 4) is 0 Å². The van der Waals surface area contributed by atoms with Gasteiger partial charge in [0.1, 0.15) is 5.82 Å². The third-order valence-corrected chi connectivity index (χ3v) is 4.85. The molecule has 2 N–H and O–H groups in total.